The molecule has 4 nitrogen and oxygen atoms in total. The summed E-state index contributed by atoms with van der Waals surface area (Å²) in [6, 6.07) is 9.47. The topological polar surface area (TPSA) is 44.7 Å². The van der Waals surface area contributed by atoms with Crippen LogP contribution in [0.1, 0.15) is 30.0 Å². The minimum absolute atomic E-state index is 0.109. The molecular formula is C21H19F4N3O. The molecule has 3 rings (SSSR count). The van der Waals surface area contributed by atoms with E-state index in [9.17, 15) is 22.4 Å². The number of hydrogen-bond acceptors (Lipinski definition) is 3. The molecule has 0 bridgehead atoms. The minimum atomic E-state index is -4.62. The van der Waals surface area contributed by atoms with E-state index >= 15 is 0 Å². The summed E-state index contributed by atoms with van der Waals surface area (Å²) in [6.07, 6.45) is -3.94. The SMILES string of the molecule is C=NN(C1=C(C)C(=O)NCC1)c1cccc(Cc2cc(F)cc(C(F)(F)F)c2)c1. The zero-order valence-corrected chi connectivity index (χ0v) is 15.7. The van der Waals surface area contributed by atoms with Crippen LogP contribution in [-0.4, -0.2) is 19.2 Å². The number of alkyl halides is 3. The largest absolute Gasteiger partial charge is 0.416 e. The van der Waals surface area contributed by atoms with Gasteiger partial charge in [-0.2, -0.15) is 18.3 Å². The predicted molar refractivity (Wildman–Crippen MR) is 103 cm³/mol. The van der Waals surface area contributed by atoms with Crippen LogP contribution >= 0.6 is 0 Å². The van der Waals surface area contributed by atoms with Gasteiger partial charge in [-0.25, -0.2) is 9.40 Å². The second-order valence-electron chi connectivity index (χ2n) is 6.72. The molecule has 1 aliphatic rings. The predicted octanol–water partition coefficient (Wildman–Crippen LogP) is 4.65. The number of hydrazone groups is 1. The maximum absolute atomic E-state index is 13.7. The molecule has 1 aliphatic heterocycles. The Bertz CT molecular complexity index is 982. The Kier molecular flexibility index (Phi) is 5.72. The number of carbonyl (C=O) groups excluding carboxylic acids is 1. The molecule has 0 saturated heterocycles. The van der Waals surface area contributed by atoms with E-state index in [1.54, 1.807) is 36.2 Å². The molecule has 8 heteroatoms. The number of amides is 1. The number of nitrogens with one attached hydrogen (secondary N) is 1. The second kappa shape index (κ2) is 8.06. The van der Waals surface area contributed by atoms with Crippen molar-refractivity contribution in [2.24, 2.45) is 5.10 Å². The van der Waals surface area contributed by atoms with Gasteiger partial charge in [0.25, 0.3) is 0 Å². The lowest BCUT2D eigenvalue weighted by Gasteiger charge is -2.27. The van der Waals surface area contributed by atoms with Crippen molar-refractivity contribution in [1.82, 2.24) is 5.32 Å². The summed E-state index contributed by atoms with van der Waals surface area (Å²) in [5.74, 6) is -1.12. The van der Waals surface area contributed by atoms with Gasteiger partial charge in [-0.1, -0.05) is 12.1 Å². The summed E-state index contributed by atoms with van der Waals surface area (Å²) in [5, 5.41) is 8.30. The highest BCUT2D eigenvalue weighted by Crippen LogP contribution is 2.31. The number of nitrogens with zero attached hydrogens (tertiary/aromatic N) is 2. The fourth-order valence-corrected chi connectivity index (χ4v) is 3.28. The molecule has 0 fully saturated rings. The van der Waals surface area contributed by atoms with Gasteiger partial charge in [-0.3, -0.25) is 4.79 Å². The van der Waals surface area contributed by atoms with Crippen LogP contribution in [0.25, 0.3) is 0 Å². The lowest BCUT2D eigenvalue weighted by atomic mass is 10.0. The number of carbonyl (C=O) groups is 1. The molecule has 0 spiro atoms. The van der Waals surface area contributed by atoms with Crippen LogP contribution in [0.15, 0.2) is 58.8 Å². The van der Waals surface area contributed by atoms with Crippen molar-refractivity contribution in [2.45, 2.75) is 25.9 Å². The molecule has 0 atom stereocenters. The Labute approximate surface area is 165 Å². The van der Waals surface area contributed by atoms with Gasteiger partial charge < -0.3 is 5.32 Å². The van der Waals surface area contributed by atoms with Gasteiger partial charge in [0.2, 0.25) is 5.91 Å². The van der Waals surface area contributed by atoms with Gasteiger partial charge in [-0.05, 0) is 54.8 Å². The van der Waals surface area contributed by atoms with Crippen molar-refractivity contribution in [2.75, 3.05) is 11.6 Å². The first-order chi connectivity index (χ1) is 13.7. The van der Waals surface area contributed by atoms with Gasteiger partial charge in [0, 0.05) is 25.3 Å². The van der Waals surface area contributed by atoms with Crippen molar-refractivity contribution in [1.29, 1.82) is 0 Å². The van der Waals surface area contributed by atoms with Crippen LogP contribution in [0.3, 0.4) is 0 Å². The molecule has 0 saturated carbocycles. The number of hydrogen-bond donors (Lipinski definition) is 1. The number of anilines is 1. The van der Waals surface area contributed by atoms with Gasteiger partial charge in [0.05, 0.1) is 16.9 Å². The maximum Gasteiger partial charge on any atom is 0.416 e. The quantitative estimate of drug-likeness (QED) is 0.447. The molecule has 1 amide bonds. The molecule has 0 aliphatic carbocycles. The highest BCUT2D eigenvalue weighted by molar-refractivity contribution is 5.95. The van der Waals surface area contributed by atoms with Gasteiger partial charge >= 0.3 is 6.18 Å². The molecule has 2 aromatic carbocycles. The van der Waals surface area contributed by atoms with E-state index in [4.69, 9.17) is 0 Å². The van der Waals surface area contributed by atoms with Crippen molar-refractivity contribution in [3.8, 4) is 0 Å². The van der Waals surface area contributed by atoms with Crippen molar-refractivity contribution in [3.05, 3.63) is 76.2 Å². The van der Waals surface area contributed by atoms with E-state index in [0.29, 0.717) is 41.6 Å². The van der Waals surface area contributed by atoms with Crippen molar-refractivity contribution < 1.29 is 22.4 Å². The zero-order chi connectivity index (χ0) is 21.2. The van der Waals surface area contributed by atoms with Gasteiger partial charge in [0.1, 0.15) is 5.82 Å². The second-order valence-corrected chi connectivity index (χ2v) is 6.72. The monoisotopic (exact) mass is 405 g/mol. The fraction of sp³-hybridized carbons (Fsp3) is 0.238. The summed E-state index contributed by atoms with van der Waals surface area (Å²) in [5.41, 5.74) is 1.70. The minimum Gasteiger partial charge on any atom is -0.352 e. The normalized spacial score (nSPS) is 14.6. The van der Waals surface area contributed by atoms with Crippen molar-refractivity contribution in [3.63, 3.8) is 0 Å². The van der Waals surface area contributed by atoms with Crippen LogP contribution in [0.5, 0.6) is 0 Å². The van der Waals surface area contributed by atoms with Crippen LogP contribution in [-0.2, 0) is 17.4 Å². The average Bonchev–Trinajstić information content (AvgIpc) is 2.65. The summed E-state index contributed by atoms with van der Waals surface area (Å²) in [4.78, 5) is 11.9. The molecule has 2 aromatic rings. The van der Waals surface area contributed by atoms with E-state index in [1.807, 2.05) is 0 Å². The molecule has 0 radical (unpaired) electrons. The Morgan fingerprint density at radius 3 is 2.62 bits per heavy atom. The highest BCUT2D eigenvalue weighted by Gasteiger charge is 2.31. The standard InChI is InChI=1S/C21H19F4N3O/c1-13-19(6-7-27-20(13)29)28(26-2)18-5-3-4-14(11-18)8-15-9-16(21(23,24)25)12-17(22)10-15/h3-5,9-12H,2,6-8H2,1H3,(H,27,29). The van der Waals surface area contributed by atoms with Crippen LogP contribution in [0.4, 0.5) is 23.2 Å². The molecule has 0 aromatic heterocycles. The Hall–Kier alpha value is -3.16. The van der Waals surface area contributed by atoms with Gasteiger partial charge in [0.15, 0.2) is 0 Å². The third kappa shape index (κ3) is 4.64. The molecule has 1 N–H and O–H groups in total. The molecular weight excluding hydrogens is 386 g/mol. The summed E-state index contributed by atoms with van der Waals surface area (Å²) >= 11 is 0. The van der Waals surface area contributed by atoms with Gasteiger partial charge in [-0.15, -0.1) is 0 Å². The maximum atomic E-state index is 13.7. The smallest absolute Gasteiger partial charge is 0.352 e. The van der Waals surface area contributed by atoms with Crippen molar-refractivity contribution >= 4 is 18.3 Å². The zero-order valence-electron chi connectivity index (χ0n) is 15.7. The molecule has 1 heterocycles. The van der Waals surface area contributed by atoms with E-state index in [2.05, 4.69) is 17.1 Å². The molecule has 152 valence electrons. The Balaban J connectivity index is 1.92. The van der Waals surface area contributed by atoms with Crippen LogP contribution < -0.4 is 10.3 Å². The molecule has 0 unspecified atom stereocenters. The van der Waals surface area contributed by atoms with E-state index in [-0.39, 0.29) is 17.9 Å². The first-order valence-electron chi connectivity index (χ1n) is 8.89. The first kappa shape index (κ1) is 20.6. The lowest BCUT2D eigenvalue weighted by molar-refractivity contribution is -0.137. The first-order valence-corrected chi connectivity index (χ1v) is 8.89. The fourth-order valence-electron chi connectivity index (χ4n) is 3.28. The molecule has 29 heavy (non-hydrogen) atoms. The number of halogens is 4. The third-order valence-corrected chi connectivity index (χ3v) is 4.67. The number of rotatable bonds is 5. The van der Waals surface area contributed by atoms with E-state index in [0.717, 1.165) is 12.1 Å². The van der Waals surface area contributed by atoms with E-state index < -0.39 is 17.6 Å². The highest BCUT2D eigenvalue weighted by atomic mass is 19.4. The van der Waals surface area contributed by atoms with E-state index in [1.165, 1.54) is 0 Å². The Morgan fingerprint density at radius 2 is 1.93 bits per heavy atom. The third-order valence-electron chi connectivity index (χ3n) is 4.67. The summed E-state index contributed by atoms with van der Waals surface area (Å²) in [7, 11) is 0. The average molecular weight is 405 g/mol. The van der Waals surface area contributed by atoms with Crippen LogP contribution in [0, 0.1) is 5.82 Å². The number of benzene rings is 2. The lowest BCUT2D eigenvalue weighted by Crippen LogP contribution is -2.35. The summed E-state index contributed by atoms with van der Waals surface area (Å²) < 4.78 is 52.5. The Morgan fingerprint density at radius 1 is 1.17 bits per heavy atom. The van der Waals surface area contributed by atoms with Crippen LogP contribution in [0.2, 0.25) is 0 Å². The summed E-state index contributed by atoms with van der Waals surface area (Å²) in [6.45, 7) is 5.74.